The third-order valence-electron chi connectivity index (χ3n) is 5.37. The van der Waals surface area contributed by atoms with Crippen molar-refractivity contribution < 1.29 is 22.7 Å². The quantitative estimate of drug-likeness (QED) is 0.710. The number of anilines is 1. The van der Waals surface area contributed by atoms with Crippen molar-refractivity contribution in [1.29, 1.82) is 0 Å². The minimum atomic E-state index is -3.82. The molecular formula is C21H22N2O5S2. The van der Waals surface area contributed by atoms with Gasteiger partial charge in [0, 0.05) is 10.9 Å². The zero-order valence-corrected chi connectivity index (χ0v) is 18.1. The molecule has 1 unspecified atom stereocenters. The van der Waals surface area contributed by atoms with Crippen LogP contribution in [0.2, 0.25) is 0 Å². The van der Waals surface area contributed by atoms with Gasteiger partial charge < -0.3 is 4.74 Å². The molecule has 0 fully saturated rings. The highest BCUT2D eigenvalue weighted by Crippen LogP contribution is 2.37. The third-order valence-corrected chi connectivity index (χ3v) is 7.88. The standard InChI is InChI=1S/C21H22N2O5S2/c1-28-21(25)12-23-18-11-15(9-10-19(18)29-13-20(23)24)30(26,27)22-17-8-4-6-14-5-2-3-7-16(14)17/h2-3,5,7,9-11,17,22H,4,6,8,12-13H2,1H3. The molecule has 2 aromatic carbocycles. The molecule has 0 bridgehead atoms. The number of thioether (sulfide) groups is 1. The van der Waals surface area contributed by atoms with Crippen LogP contribution in [0.5, 0.6) is 0 Å². The van der Waals surface area contributed by atoms with E-state index in [2.05, 4.69) is 9.46 Å². The van der Waals surface area contributed by atoms with Gasteiger partial charge in [0.15, 0.2) is 0 Å². The maximum atomic E-state index is 13.1. The molecule has 30 heavy (non-hydrogen) atoms. The molecule has 1 aliphatic carbocycles. The molecule has 2 aliphatic rings. The Labute approximate surface area is 179 Å². The fourth-order valence-electron chi connectivity index (χ4n) is 3.85. The lowest BCUT2D eigenvalue weighted by molar-refractivity contribution is -0.139. The molecule has 0 spiro atoms. The third kappa shape index (κ3) is 4.10. The highest BCUT2D eigenvalue weighted by molar-refractivity contribution is 8.00. The first-order chi connectivity index (χ1) is 14.4. The fourth-order valence-corrected chi connectivity index (χ4v) is 6.03. The number of aryl methyl sites for hydroxylation is 1. The fraction of sp³-hybridized carbons (Fsp3) is 0.333. The van der Waals surface area contributed by atoms with Crippen LogP contribution in [-0.4, -0.2) is 39.7 Å². The van der Waals surface area contributed by atoms with Crippen molar-refractivity contribution in [2.24, 2.45) is 0 Å². The van der Waals surface area contributed by atoms with Crippen molar-refractivity contribution in [3.63, 3.8) is 0 Å². The van der Waals surface area contributed by atoms with E-state index in [1.807, 2.05) is 24.3 Å². The summed E-state index contributed by atoms with van der Waals surface area (Å²) in [5.74, 6) is -0.638. The Bertz CT molecular complexity index is 1100. The number of nitrogens with zero attached hydrogens (tertiary/aromatic N) is 1. The van der Waals surface area contributed by atoms with E-state index in [1.165, 1.54) is 35.9 Å². The van der Waals surface area contributed by atoms with Crippen LogP contribution in [0.15, 0.2) is 52.3 Å². The lowest BCUT2D eigenvalue weighted by Crippen LogP contribution is -2.40. The molecular weight excluding hydrogens is 424 g/mol. The first-order valence-corrected chi connectivity index (χ1v) is 12.1. The molecule has 0 saturated heterocycles. The van der Waals surface area contributed by atoms with Gasteiger partial charge in [0.25, 0.3) is 0 Å². The summed E-state index contributed by atoms with van der Waals surface area (Å²) in [6.07, 6.45) is 2.57. The number of esters is 1. The average molecular weight is 447 g/mol. The average Bonchev–Trinajstić information content (AvgIpc) is 2.75. The predicted molar refractivity (Wildman–Crippen MR) is 114 cm³/mol. The molecule has 158 valence electrons. The summed E-state index contributed by atoms with van der Waals surface area (Å²) in [5, 5.41) is 0. The van der Waals surface area contributed by atoms with E-state index in [4.69, 9.17) is 0 Å². The van der Waals surface area contributed by atoms with Gasteiger partial charge in [-0.15, -0.1) is 11.8 Å². The van der Waals surface area contributed by atoms with E-state index < -0.39 is 16.0 Å². The number of nitrogens with one attached hydrogen (secondary N) is 1. The Hall–Kier alpha value is -2.36. The van der Waals surface area contributed by atoms with Crippen molar-refractivity contribution in [2.45, 2.75) is 35.1 Å². The van der Waals surface area contributed by atoms with Crippen LogP contribution < -0.4 is 9.62 Å². The van der Waals surface area contributed by atoms with Crippen molar-refractivity contribution in [3.05, 3.63) is 53.6 Å². The number of sulfonamides is 1. The Kier molecular flexibility index (Phi) is 5.86. The van der Waals surface area contributed by atoms with Gasteiger partial charge in [-0.3, -0.25) is 14.5 Å². The number of benzene rings is 2. The van der Waals surface area contributed by atoms with Gasteiger partial charge in [0.2, 0.25) is 15.9 Å². The van der Waals surface area contributed by atoms with E-state index in [-0.39, 0.29) is 29.1 Å². The Morgan fingerprint density at radius 3 is 2.87 bits per heavy atom. The summed E-state index contributed by atoms with van der Waals surface area (Å²) >= 11 is 1.32. The molecule has 1 amide bonds. The summed E-state index contributed by atoms with van der Waals surface area (Å²) in [4.78, 5) is 26.2. The van der Waals surface area contributed by atoms with Crippen LogP contribution in [0.3, 0.4) is 0 Å². The van der Waals surface area contributed by atoms with Crippen molar-refractivity contribution in [1.82, 2.24) is 4.72 Å². The Balaban J connectivity index is 1.65. The van der Waals surface area contributed by atoms with E-state index in [1.54, 1.807) is 6.07 Å². The highest BCUT2D eigenvalue weighted by atomic mass is 32.2. The number of hydrogen-bond acceptors (Lipinski definition) is 6. The van der Waals surface area contributed by atoms with Gasteiger partial charge in [0.1, 0.15) is 6.54 Å². The monoisotopic (exact) mass is 446 g/mol. The number of amides is 1. The zero-order valence-electron chi connectivity index (χ0n) is 16.5. The second-order valence-corrected chi connectivity index (χ2v) is 9.97. The van der Waals surface area contributed by atoms with E-state index in [9.17, 15) is 18.0 Å². The molecule has 0 aromatic heterocycles. The maximum Gasteiger partial charge on any atom is 0.325 e. The first kappa shape index (κ1) is 20.9. The lowest BCUT2D eigenvalue weighted by Gasteiger charge is -2.29. The van der Waals surface area contributed by atoms with Gasteiger partial charge in [-0.25, -0.2) is 13.1 Å². The maximum absolute atomic E-state index is 13.1. The number of ether oxygens (including phenoxy) is 1. The van der Waals surface area contributed by atoms with Crippen molar-refractivity contribution in [3.8, 4) is 0 Å². The number of methoxy groups -OCH3 is 1. The van der Waals surface area contributed by atoms with Gasteiger partial charge in [-0.2, -0.15) is 0 Å². The van der Waals surface area contributed by atoms with Gasteiger partial charge in [0.05, 0.1) is 23.4 Å². The van der Waals surface area contributed by atoms with Crippen molar-refractivity contribution >= 4 is 39.3 Å². The second kappa shape index (κ2) is 8.41. The van der Waals surface area contributed by atoms with Crippen LogP contribution >= 0.6 is 11.8 Å². The number of carbonyl (C=O) groups excluding carboxylic acids is 2. The minimum absolute atomic E-state index is 0.0643. The molecule has 4 rings (SSSR count). The van der Waals surface area contributed by atoms with Gasteiger partial charge >= 0.3 is 5.97 Å². The van der Waals surface area contributed by atoms with Crippen LogP contribution in [-0.2, 0) is 30.8 Å². The predicted octanol–water partition coefficient (Wildman–Crippen LogP) is 2.65. The van der Waals surface area contributed by atoms with Crippen LogP contribution in [0, 0.1) is 0 Å². The highest BCUT2D eigenvalue weighted by Gasteiger charge is 2.30. The first-order valence-electron chi connectivity index (χ1n) is 9.63. The number of hydrogen-bond donors (Lipinski definition) is 1. The number of rotatable bonds is 5. The second-order valence-electron chi connectivity index (χ2n) is 7.24. The van der Waals surface area contributed by atoms with Gasteiger partial charge in [-0.1, -0.05) is 24.3 Å². The van der Waals surface area contributed by atoms with E-state index in [0.717, 1.165) is 35.3 Å². The summed E-state index contributed by atoms with van der Waals surface area (Å²) in [7, 11) is -2.58. The van der Waals surface area contributed by atoms with Gasteiger partial charge in [-0.05, 0) is 48.6 Å². The Morgan fingerprint density at radius 1 is 1.27 bits per heavy atom. The largest absolute Gasteiger partial charge is 0.468 e. The molecule has 0 radical (unpaired) electrons. The van der Waals surface area contributed by atoms with Crippen LogP contribution in [0.4, 0.5) is 5.69 Å². The molecule has 7 nitrogen and oxygen atoms in total. The molecule has 9 heteroatoms. The summed E-state index contributed by atoms with van der Waals surface area (Å²) in [6, 6.07) is 12.2. The summed E-state index contributed by atoms with van der Waals surface area (Å²) in [5.41, 5.74) is 2.57. The molecule has 1 heterocycles. The van der Waals surface area contributed by atoms with Crippen LogP contribution in [0.25, 0.3) is 0 Å². The summed E-state index contributed by atoms with van der Waals surface area (Å²) in [6.45, 7) is -0.254. The SMILES string of the molecule is COC(=O)CN1C(=O)CSc2ccc(S(=O)(=O)NC3CCCc4ccccc43)cc21. The minimum Gasteiger partial charge on any atom is -0.468 e. The molecule has 2 aromatic rings. The van der Waals surface area contributed by atoms with Crippen molar-refractivity contribution in [2.75, 3.05) is 24.3 Å². The molecule has 0 saturated carbocycles. The zero-order chi connectivity index (χ0) is 21.3. The molecule has 1 atom stereocenters. The Morgan fingerprint density at radius 2 is 2.07 bits per heavy atom. The topological polar surface area (TPSA) is 92.8 Å². The summed E-state index contributed by atoms with van der Waals surface area (Å²) < 4.78 is 33.8. The van der Waals surface area contributed by atoms with E-state index >= 15 is 0 Å². The number of carbonyl (C=O) groups is 2. The molecule has 1 aliphatic heterocycles. The molecule has 1 N–H and O–H groups in total. The van der Waals surface area contributed by atoms with Crippen LogP contribution in [0.1, 0.15) is 30.0 Å². The van der Waals surface area contributed by atoms with E-state index in [0.29, 0.717) is 5.69 Å². The smallest absolute Gasteiger partial charge is 0.325 e. The lowest BCUT2D eigenvalue weighted by atomic mass is 9.88. The normalized spacial score (nSPS) is 18.5. The number of fused-ring (bicyclic) bond motifs is 2.